The van der Waals surface area contributed by atoms with Crippen molar-refractivity contribution >= 4 is 11.9 Å². The molecule has 18 heavy (non-hydrogen) atoms. The zero-order chi connectivity index (χ0) is 13.1. The van der Waals surface area contributed by atoms with Crippen LogP contribution in [0.5, 0.6) is 5.75 Å². The zero-order valence-electron chi connectivity index (χ0n) is 10.2. The summed E-state index contributed by atoms with van der Waals surface area (Å²) in [5.41, 5.74) is 17.2. The van der Waals surface area contributed by atoms with Gasteiger partial charge < -0.3 is 21.9 Å². The average molecular weight is 247 g/mol. The Morgan fingerprint density at radius 3 is 2.72 bits per heavy atom. The van der Waals surface area contributed by atoms with Gasteiger partial charge in [0.1, 0.15) is 5.75 Å². The summed E-state index contributed by atoms with van der Waals surface area (Å²) in [5.74, 6) is 1.04. The van der Waals surface area contributed by atoms with E-state index in [-0.39, 0.29) is 23.9 Å². The van der Waals surface area contributed by atoms with Crippen LogP contribution in [0.15, 0.2) is 34.3 Å². The number of guanidine groups is 2. The predicted molar refractivity (Wildman–Crippen MR) is 71.3 cm³/mol. The van der Waals surface area contributed by atoms with Crippen LogP contribution >= 0.6 is 0 Å². The smallest absolute Gasteiger partial charge is 0.219 e. The molecule has 6 heteroatoms. The molecule has 6 N–H and O–H groups in total. The average Bonchev–Trinajstić information content (AvgIpc) is 2.32. The van der Waals surface area contributed by atoms with Crippen LogP contribution in [-0.2, 0) is 0 Å². The summed E-state index contributed by atoms with van der Waals surface area (Å²) in [6.07, 6.45) is 0. The summed E-state index contributed by atoms with van der Waals surface area (Å²) in [4.78, 5) is 8.10. The molecule has 96 valence electrons. The third-order valence-electron chi connectivity index (χ3n) is 2.79. The molecule has 0 amide bonds. The van der Waals surface area contributed by atoms with E-state index >= 15 is 0 Å². The van der Waals surface area contributed by atoms with Crippen molar-refractivity contribution in [1.29, 1.82) is 0 Å². The lowest BCUT2D eigenvalue weighted by Crippen LogP contribution is -2.28. The fraction of sp³-hybridized carbons (Fsp3) is 0.333. The van der Waals surface area contributed by atoms with Gasteiger partial charge in [-0.2, -0.15) is 4.99 Å². The van der Waals surface area contributed by atoms with E-state index in [0.717, 1.165) is 11.3 Å². The minimum absolute atomic E-state index is 0.0851. The predicted octanol–water partition coefficient (Wildman–Crippen LogP) is 0.344. The highest BCUT2D eigenvalue weighted by Crippen LogP contribution is 2.37. The number of benzene rings is 1. The molecular weight excluding hydrogens is 230 g/mol. The lowest BCUT2D eigenvalue weighted by molar-refractivity contribution is 0.208. The van der Waals surface area contributed by atoms with Gasteiger partial charge in [-0.3, -0.25) is 0 Å². The molecule has 0 unspecified atom stereocenters. The quantitative estimate of drug-likeness (QED) is 0.490. The number of nitrogens with two attached hydrogens (primary N) is 3. The highest BCUT2D eigenvalue weighted by atomic mass is 16.5. The van der Waals surface area contributed by atoms with E-state index in [9.17, 15) is 0 Å². The number of hydrogen-bond donors (Lipinski definition) is 3. The number of aliphatic imine (C=N–C) groups is 2. The van der Waals surface area contributed by atoms with E-state index in [1.165, 1.54) is 0 Å². The largest absolute Gasteiger partial charge is 0.493 e. The maximum absolute atomic E-state index is 5.69. The number of ether oxygens (including phenoxy) is 1. The van der Waals surface area contributed by atoms with Crippen molar-refractivity contribution in [3.05, 3.63) is 29.8 Å². The second-order valence-electron chi connectivity index (χ2n) is 4.29. The van der Waals surface area contributed by atoms with Gasteiger partial charge >= 0.3 is 0 Å². The first-order valence-corrected chi connectivity index (χ1v) is 5.72. The van der Waals surface area contributed by atoms with Crippen LogP contribution in [-0.4, -0.2) is 18.5 Å². The van der Waals surface area contributed by atoms with Crippen LogP contribution < -0.4 is 21.9 Å². The monoisotopic (exact) mass is 247 g/mol. The van der Waals surface area contributed by atoms with E-state index in [1.54, 1.807) is 0 Å². The van der Waals surface area contributed by atoms with Gasteiger partial charge in [-0.05, 0) is 6.07 Å². The number of fused-ring (bicyclic) bond motifs is 1. The number of nitrogens with zero attached hydrogens (tertiary/aromatic N) is 2. The first-order valence-electron chi connectivity index (χ1n) is 5.72. The number of rotatable bonds is 1. The molecule has 2 atom stereocenters. The maximum Gasteiger partial charge on any atom is 0.219 e. The molecule has 0 aliphatic carbocycles. The van der Waals surface area contributed by atoms with E-state index < -0.39 is 0 Å². The van der Waals surface area contributed by atoms with Gasteiger partial charge in [0, 0.05) is 11.5 Å². The highest BCUT2D eigenvalue weighted by molar-refractivity contribution is 5.92. The molecule has 6 nitrogen and oxygen atoms in total. The van der Waals surface area contributed by atoms with Gasteiger partial charge in [-0.25, -0.2) is 4.99 Å². The Balaban J connectivity index is 2.35. The van der Waals surface area contributed by atoms with Crippen LogP contribution in [0.1, 0.15) is 18.5 Å². The van der Waals surface area contributed by atoms with Crippen molar-refractivity contribution in [2.24, 2.45) is 33.1 Å². The Morgan fingerprint density at radius 2 is 2.00 bits per heavy atom. The second kappa shape index (κ2) is 4.95. The Morgan fingerprint density at radius 1 is 1.28 bits per heavy atom. The van der Waals surface area contributed by atoms with Crippen molar-refractivity contribution in [3.63, 3.8) is 0 Å². The second-order valence-corrected chi connectivity index (χ2v) is 4.29. The van der Waals surface area contributed by atoms with Crippen LogP contribution in [0.25, 0.3) is 0 Å². The highest BCUT2D eigenvalue weighted by Gasteiger charge is 2.27. The summed E-state index contributed by atoms with van der Waals surface area (Å²) in [6.45, 7) is 2.65. The maximum atomic E-state index is 5.69. The molecule has 1 aliphatic heterocycles. The Bertz CT molecular complexity index is 493. The van der Waals surface area contributed by atoms with Crippen LogP contribution in [0.3, 0.4) is 0 Å². The fourth-order valence-corrected chi connectivity index (χ4v) is 1.98. The first-order chi connectivity index (χ1) is 8.58. The fourth-order valence-electron chi connectivity index (χ4n) is 1.98. The van der Waals surface area contributed by atoms with Crippen LogP contribution in [0.4, 0.5) is 0 Å². The molecule has 0 saturated carbocycles. The molecule has 1 aliphatic rings. The van der Waals surface area contributed by atoms with Crippen molar-refractivity contribution in [2.75, 3.05) is 6.61 Å². The lowest BCUT2D eigenvalue weighted by Gasteiger charge is -2.28. The summed E-state index contributed by atoms with van der Waals surface area (Å²) < 4.78 is 5.63. The minimum atomic E-state index is -0.0933. The third-order valence-corrected chi connectivity index (χ3v) is 2.79. The van der Waals surface area contributed by atoms with E-state index in [4.69, 9.17) is 21.9 Å². The minimum Gasteiger partial charge on any atom is -0.493 e. The molecule has 1 aromatic rings. The van der Waals surface area contributed by atoms with E-state index in [2.05, 4.69) is 9.98 Å². The van der Waals surface area contributed by atoms with Crippen LogP contribution in [0, 0.1) is 5.92 Å². The van der Waals surface area contributed by atoms with Crippen molar-refractivity contribution in [2.45, 2.75) is 13.0 Å². The molecule has 0 saturated heterocycles. The summed E-state index contributed by atoms with van der Waals surface area (Å²) >= 11 is 0. The molecule has 2 rings (SSSR count). The summed E-state index contributed by atoms with van der Waals surface area (Å²) in [7, 11) is 0. The standard InChI is InChI=1S/C12H17N5O/c1-7-6-18-9-5-3-2-4-8(9)10(7)16-12(15)17-11(13)14/h2-5,7,10H,6H2,1H3,(H6,13,14,15,16,17)/t7-,10+/m0/s1. The Labute approximate surface area is 106 Å². The van der Waals surface area contributed by atoms with E-state index in [0.29, 0.717) is 6.61 Å². The van der Waals surface area contributed by atoms with Gasteiger partial charge in [0.25, 0.3) is 0 Å². The van der Waals surface area contributed by atoms with Crippen molar-refractivity contribution in [1.82, 2.24) is 0 Å². The van der Waals surface area contributed by atoms with Crippen molar-refractivity contribution < 1.29 is 4.74 Å². The third kappa shape index (κ3) is 2.53. The molecular formula is C12H17N5O. The Hall–Kier alpha value is -2.24. The van der Waals surface area contributed by atoms with Crippen molar-refractivity contribution in [3.8, 4) is 5.75 Å². The molecule has 0 fully saturated rings. The molecule has 1 aromatic carbocycles. The zero-order valence-corrected chi connectivity index (χ0v) is 10.2. The SMILES string of the molecule is C[C@H]1COc2ccccc2[C@@H]1N=C(N)N=C(N)N. The summed E-state index contributed by atoms with van der Waals surface area (Å²) in [6, 6.07) is 7.68. The Kier molecular flexibility index (Phi) is 3.36. The summed E-state index contributed by atoms with van der Waals surface area (Å²) in [5, 5.41) is 0. The lowest BCUT2D eigenvalue weighted by atomic mass is 9.93. The van der Waals surface area contributed by atoms with Gasteiger partial charge in [-0.1, -0.05) is 25.1 Å². The normalized spacial score (nSPS) is 22.8. The molecule has 0 bridgehead atoms. The molecule has 1 heterocycles. The first kappa shape index (κ1) is 12.2. The molecule has 0 aromatic heterocycles. The molecule has 0 radical (unpaired) electrons. The van der Waals surface area contributed by atoms with Gasteiger partial charge in [0.15, 0.2) is 5.96 Å². The molecule has 0 spiro atoms. The van der Waals surface area contributed by atoms with E-state index in [1.807, 2.05) is 31.2 Å². The van der Waals surface area contributed by atoms with Crippen LogP contribution in [0.2, 0.25) is 0 Å². The topological polar surface area (TPSA) is 112 Å². The number of hydrogen-bond acceptors (Lipinski definition) is 2. The number of para-hydroxylation sites is 1. The van der Waals surface area contributed by atoms with Gasteiger partial charge in [-0.15, -0.1) is 0 Å². The van der Waals surface area contributed by atoms with Gasteiger partial charge in [0.05, 0.1) is 12.6 Å². The van der Waals surface area contributed by atoms with Gasteiger partial charge in [0.2, 0.25) is 5.96 Å².